The molecule has 1 N–H and O–H groups in total. The van der Waals surface area contributed by atoms with Crippen molar-refractivity contribution >= 4 is 11.9 Å². The van der Waals surface area contributed by atoms with E-state index in [1.54, 1.807) is 20.8 Å². The fraction of sp³-hybridized carbons (Fsp3) is 0.667. The van der Waals surface area contributed by atoms with Crippen molar-refractivity contribution in [1.82, 2.24) is 4.90 Å². The van der Waals surface area contributed by atoms with E-state index in [0.29, 0.717) is 0 Å². The third-order valence-corrected chi connectivity index (χ3v) is 3.16. The first-order valence-corrected chi connectivity index (χ1v) is 5.78. The first-order valence-electron chi connectivity index (χ1n) is 5.78. The van der Waals surface area contributed by atoms with E-state index in [9.17, 15) is 19.1 Å². The molecule has 0 spiro atoms. The second-order valence-electron chi connectivity index (χ2n) is 5.65. The number of fused-ring (bicyclic) bond motifs is 1. The number of rotatable bonds is 2. The molecule has 1 saturated heterocycles. The van der Waals surface area contributed by atoms with Crippen LogP contribution in [0.1, 0.15) is 27.7 Å². The maximum atomic E-state index is 13.3. The standard InChI is InChI=1S/C12H16FNO4/c1-5(13)6-9(15)14-7(11(16)17)8(12(2,3)4)18-10(6)14/h5-6,10H,1-4H3,(H,16,17)/t5-,6-,10+/m0/s1. The van der Waals surface area contributed by atoms with Crippen LogP contribution in [0.4, 0.5) is 4.39 Å². The number of hydrogen-bond acceptors (Lipinski definition) is 3. The lowest BCUT2D eigenvalue weighted by molar-refractivity contribution is -0.179. The zero-order chi connectivity index (χ0) is 13.8. The zero-order valence-corrected chi connectivity index (χ0v) is 10.7. The maximum Gasteiger partial charge on any atom is 0.356 e. The molecule has 1 fully saturated rings. The van der Waals surface area contributed by atoms with Gasteiger partial charge in [0.2, 0.25) is 5.91 Å². The summed E-state index contributed by atoms with van der Waals surface area (Å²) < 4.78 is 18.8. The molecule has 2 aliphatic heterocycles. The minimum absolute atomic E-state index is 0.158. The van der Waals surface area contributed by atoms with Crippen LogP contribution in [0.5, 0.6) is 0 Å². The van der Waals surface area contributed by atoms with Gasteiger partial charge < -0.3 is 9.84 Å². The van der Waals surface area contributed by atoms with Crippen LogP contribution in [-0.2, 0) is 14.3 Å². The van der Waals surface area contributed by atoms with Crippen LogP contribution in [0.2, 0.25) is 0 Å². The molecule has 0 aliphatic carbocycles. The molecule has 2 heterocycles. The quantitative estimate of drug-likeness (QED) is 0.761. The molecule has 0 aromatic carbocycles. The van der Waals surface area contributed by atoms with Gasteiger partial charge in [-0.25, -0.2) is 9.18 Å². The Morgan fingerprint density at radius 1 is 1.50 bits per heavy atom. The monoisotopic (exact) mass is 257 g/mol. The molecule has 3 atom stereocenters. The number of carbonyl (C=O) groups excluding carboxylic acids is 1. The molecular weight excluding hydrogens is 241 g/mol. The van der Waals surface area contributed by atoms with Gasteiger partial charge in [-0.2, -0.15) is 0 Å². The van der Waals surface area contributed by atoms with Crippen molar-refractivity contribution in [2.45, 2.75) is 40.1 Å². The van der Waals surface area contributed by atoms with E-state index in [1.165, 1.54) is 6.92 Å². The first kappa shape index (κ1) is 12.9. The van der Waals surface area contributed by atoms with Crippen LogP contribution in [0, 0.1) is 11.3 Å². The second kappa shape index (κ2) is 3.70. The molecule has 0 aromatic rings. The number of hydrogen-bond donors (Lipinski definition) is 1. The number of carbonyl (C=O) groups is 2. The van der Waals surface area contributed by atoms with Gasteiger partial charge in [0.25, 0.3) is 0 Å². The Kier molecular flexibility index (Phi) is 2.64. The predicted molar refractivity (Wildman–Crippen MR) is 59.9 cm³/mol. The summed E-state index contributed by atoms with van der Waals surface area (Å²) in [5.74, 6) is -2.41. The Bertz CT molecular complexity index is 449. The van der Waals surface area contributed by atoms with E-state index < -0.39 is 35.6 Å². The fourth-order valence-electron chi connectivity index (χ4n) is 2.29. The number of halogens is 1. The highest BCUT2D eigenvalue weighted by Crippen LogP contribution is 2.47. The highest BCUT2D eigenvalue weighted by Gasteiger charge is 2.60. The third-order valence-electron chi connectivity index (χ3n) is 3.16. The number of carboxylic acid groups (broad SMARTS) is 1. The Balaban J connectivity index is 2.39. The lowest BCUT2D eigenvalue weighted by Crippen LogP contribution is -2.61. The molecule has 0 aromatic heterocycles. The summed E-state index contributed by atoms with van der Waals surface area (Å²) >= 11 is 0. The van der Waals surface area contributed by atoms with Gasteiger partial charge in [0.1, 0.15) is 17.8 Å². The van der Waals surface area contributed by atoms with Crippen molar-refractivity contribution in [2.75, 3.05) is 0 Å². The third kappa shape index (κ3) is 1.59. The number of β-lactam (4-membered cyclic amide) rings is 1. The van der Waals surface area contributed by atoms with Gasteiger partial charge in [-0.05, 0) is 6.92 Å². The summed E-state index contributed by atoms with van der Waals surface area (Å²) in [6, 6.07) is 0. The normalized spacial score (nSPS) is 28.7. The lowest BCUT2D eigenvalue weighted by Gasteiger charge is -2.41. The van der Waals surface area contributed by atoms with E-state index in [1.807, 2.05) is 0 Å². The zero-order valence-electron chi connectivity index (χ0n) is 10.7. The molecule has 0 bridgehead atoms. The Morgan fingerprint density at radius 3 is 2.44 bits per heavy atom. The van der Waals surface area contributed by atoms with E-state index in [2.05, 4.69) is 0 Å². The van der Waals surface area contributed by atoms with E-state index in [0.717, 1.165) is 4.90 Å². The molecule has 6 heteroatoms. The van der Waals surface area contributed by atoms with Crippen LogP contribution in [0.15, 0.2) is 11.5 Å². The second-order valence-corrected chi connectivity index (χ2v) is 5.65. The van der Waals surface area contributed by atoms with Crippen LogP contribution >= 0.6 is 0 Å². The molecule has 0 radical (unpaired) electrons. The van der Waals surface area contributed by atoms with Crippen molar-refractivity contribution in [3.05, 3.63) is 11.5 Å². The number of ether oxygens (including phenoxy) is 1. The van der Waals surface area contributed by atoms with E-state index in [4.69, 9.17) is 4.74 Å². The number of amides is 1. The Morgan fingerprint density at radius 2 is 2.06 bits per heavy atom. The first-order chi connectivity index (χ1) is 8.16. The number of carboxylic acids is 1. The van der Waals surface area contributed by atoms with Crippen molar-refractivity contribution in [1.29, 1.82) is 0 Å². The van der Waals surface area contributed by atoms with Crippen LogP contribution in [0.25, 0.3) is 0 Å². The van der Waals surface area contributed by atoms with Crippen LogP contribution in [-0.4, -0.2) is 34.3 Å². The molecule has 0 saturated carbocycles. The largest absolute Gasteiger partial charge is 0.476 e. The molecule has 18 heavy (non-hydrogen) atoms. The lowest BCUT2D eigenvalue weighted by atomic mass is 9.90. The minimum atomic E-state index is -1.35. The molecule has 2 rings (SSSR count). The fourth-order valence-corrected chi connectivity index (χ4v) is 2.29. The number of alkyl halides is 1. The summed E-state index contributed by atoms with van der Waals surface area (Å²) in [6.45, 7) is 6.64. The van der Waals surface area contributed by atoms with Gasteiger partial charge in [-0.1, -0.05) is 20.8 Å². The number of aliphatic carboxylic acids is 1. The Hall–Kier alpha value is -1.59. The minimum Gasteiger partial charge on any atom is -0.476 e. The average molecular weight is 257 g/mol. The maximum absolute atomic E-state index is 13.3. The molecule has 1 amide bonds. The number of allylic oxidation sites excluding steroid dienone is 1. The number of nitrogens with zero attached hydrogens (tertiary/aromatic N) is 1. The van der Waals surface area contributed by atoms with Gasteiger partial charge >= 0.3 is 5.97 Å². The smallest absolute Gasteiger partial charge is 0.356 e. The van der Waals surface area contributed by atoms with E-state index in [-0.39, 0.29) is 11.5 Å². The van der Waals surface area contributed by atoms with Gasteiger partial charge in [-0.3, -0.25) is 9.69 Å². The summed E-state index contributed by atoms with van der Waals surface area (Å²) in [6.07, 6.45) is -2.16. The van der Waals surface area contributed by atoms with Gasteiger partial charge in [-0.15, -0.1) is 0 Å². The molecular formula is C12H16FNO4. The summed E-state index contributed by atoms with van der Waals surface area (Å²) in [5, 5.41) is 9.19. The van der Waals surface area contributed by atoms with Gasteiger partial charge in [0.05, 0.1) is 0 Å². The summed E-state index contributed by atoms with van der Waals surface area (Å²) in [7, 11) is 0. The highest BCUT2D eigenvalue weighted by atomic mass is 19.1. The SMILES string of the molecule is C[C@H](F)[C@H]1C(=O)N2C(C(=O)O)=C(C(C)(C)C)O[C@H]12. The highest BCUT2D eigenvalue weighted by molar-refractivity contribution is 5.98. The van der Waals surface area contributed by atoms with Crippen molar-refractivity contribution in [2.24, 2.45) is 11.3 Å². The van der Waals surface area contributed by atoms with Crippen LogP contribution in [0.3, 0.4) is 0 Å². The molecule has 2 aliphatic rings. The van der Waals surface area contributed by atoms with Crippen molar-refractivity contribution in [3.8, 4) is 0 Å². The van der Waals surface area contributed by atoms with Gasteiger partial charge in [0, 0.05) is 5.41 Å². The average Bonchev–Trinajstić information content (AvgIpc) is 2.51. The van der Waals surface area contributed by atoms with E-state index >= 15 is 0 Å². The van der Waals surface area contributed by atoms with Gasteiger partial charge in [0.15, 0.2) is 11.9 Å². The molecule has 100 valence electrons. The predicted octanol–water partition coefficient (Wildman–Crippen LogP) is 1.50. The summed E-state index contributed by atoms with van der Waals surface area (Å²) in [4.78, 5) is 24.1. The molecule has 5 nitrogen and oxygen atoms in total. The molecule has 0 unspecified atom stereocenters. The Labute approximate surface area is 104 Å². The van der Waals surface area contributed by atoms with Crippen LogP contribution < -0.4 is 0 Å². The summed E-state index contributed by atoms with van der Waals surface area (Å²) in [5.41, 5.74) is -0.704. The van der Waals surface area contributed by atoms with Crippen molar-refractivity contribution in [3.63, 3.8) is 0 Å². The topological polar surface area (TPSA) is 66.8 Å². The van der Waals surface area contributed by atoms with Crippen molar-refractivity contribution < 1.29 is 23.8 Å².